The fourth-order valence-electron chi connectivity index (χ4n) is 2.26. The van der Waals surface area contributed by atoms with E-state index in [-0.39, 0.29) is 0 Å². The number of nitrogens with two attached hydrogens (primary N) is 1. The van der Waals surface area contributed by atoms with E-state index in [0.29, 0.717) is 12.4 Å². The van der Waals surface area contributed by atoms with Crippen LogP contribution in [0.1, 0.15) is 17.7 Å². The Labute approximate surface area is 126 Å². The Morgan fingerprint density at radius 2 is 1.86 bits per heavy atom. The predicted molar refractivity (Wildman–Crippen MR) is 85.0 cm³/mol. The quantitative estimate of drug-likeness (QED) is 0.809. The van der Waals surface area contributed by atoms with E-state index in [4.69, 9.17) is 10.5 Å². The van der Waals surface area contributed by atoms with Gasteiger partial charge in [0.05, 0.1) is 12.8 Å². The van der Waals surface area contributed by atoms with Crippen molar-refractivity contribution in [3.05, 3.63) is 59.8 Å². The second kappa shape index (κ2) is 8.39. The van der Waals surface area contributed by atoms with Crippen LogP contribution in [0.4, 0.5) is 0 Å². The number of hydrogen-bond donors (Lipinski definition) is 1. The van der Waals surface area contributed by atoms with E-state index in [9.17, 15) is 0 Å². The molecule has 4 heteroatoms. The van der Waals surface area contributed by atoms with Crippen molar-refractivity contribution in [1.82, 2.24) is 9.88 Å². The second-order valence-corrected chi connectivity index (χ2v) is 5.01. The molecule has 0 fully saturated rings. The minimum atomic E-state index is 0.658. The smallest absolute Gasteiger partial charge is 0.213 e. The fraction of sp³-hybridized carbons (Fsp3) is 0.353. The number of rotatable bonds is 8. The second-order valence-electron chi connectivity index (χ2n) is 5.01. The van der Waals surface area contributed by atoms with Gasteiger partial charge in [-0.25, -0.2) is 4.98 Å². The van der Waals surface area contributed by atoms with E-state index in [2.05, 4.69) is 34.1 Å². The highest BCUT2D eigenvalue weighted by Gasteiger charge is 2.08. The zero-order valence-electron chi connectivity index (χ0n) is 12.5. The summed E-state index contributed by atoms with van der Waals surface area (Å²) in [4.78, 5) is 6.85. The largest absolute Gasteiger partial charge is 0.481 e. The number of methoxy groups -OCH3 is 1. The molecule has 21 heavy (non-hydrogen) atoms. The molecule has 2 aromatic rings. The molecule has 0 saturated carbocycles. The van der Waals surface area contributed by atoms with Gasteiger partial charge in [0.15, 0.2) is 0 Å². The van der Waals surface area contributed by atoms with Crippen LogP contribution in [0.15, 0.2) is 48.5 Å². The molecule has 112 valence electrons. The molecule has 0 saturated heterocycles. The average Bonchev–Trinajstić information content (AvgIpc) is 2.54. The Balaban J connectivity index is 2.04. The van der Waals surface area contributed by atoms with Gasteiger partial charge in [-0.1, -0.05) is 36.4 Å². The molecule has 4 nitrogen and oxygen atoms in total. The lowest BCUT2D eigenvalue weighted by molar-refractivity contribution is 0.251. The summed E-state index contributed by atoms with van der Waals surface area (Å²) >= 11 is 0. The molecule has 0 aliphatic carbocycles. The van der Waals surface area contributed by atoms with Crippen LogP contribution < -0.4 is 10.5 Å². The lowest BCUT2D eigenvalue weighted by atomic mass is 10.2. The highest BCUT2D eigenvalue weighted by atomic mass is 16.5. The van der Waals surface area contributed by atoms with Crippen LogP contribution in [0.2, 0.25) is 0 Å². The first-order chi connectivity index (χ1) is 10.3. The van der Waals surface area contributed by atoms with Crippen molar-refractivity contribution in [2.75, 3.05) is 20.2 Å². The van der Waals surface area contributed by atoms with Crippen LogP contribution >= 0.6 is 0 Å². The first kappa shape index (κ1) is 15.5. The zero-order chi connectivity index (χ0) is 14.9. The predicted octanol–water partition coefficient (Wildman–Crippen LogP) is 2.44. The van der Waals surface area contributed by atoms with Gasteiger partial charge in [-0.3, -0.25) is 4.90 Å². The third-order valence-electron chi connectivity index (χ3n) is 3.30. The molecular weight excluding hydrogens is 262 g/mol. The Kier molecular flexibility index (Phi) is 6.19. The summed E-state index contributed by atoms with van der Waals surface area (Å²) in [6.45, 7) is 3.37. The van der Waals surface area contributed by atoms with Crippen LogP contribution in [0.5, 0.6) is 5.88 Å². The monoisotopic (exact) mass is 285 g/mol. The number of pyridine rings is 1. The standard InChI is InChI=1S/C17H23N3O/c1-21-17-10-5-9-16(19-17)14-20(12-6-11-18)13-15-7-3-2-4-8-15/h2-5,7-10H,6,11-14,18H2,1H3. The van der Waals surface area contributed by atoms with Gasteiger partial charge in [0.25, 0.3) is 0 Å². The van der Waals surface area contributed by atoms with E-state index < -0.39 is 0 Å². The van der Waals surface area contributed by atoms with Crippen molar-refractivity contribution in [3.8, 4) is 5.88 Å². The molecule has 0 bridgehead atoms. The molecule has 1 aromatic heterocycles. The van der Waals surface area contributed by atoms with E-state index in [1.54, 1.807) is 7.11 Å². The van der Waals surface area contributed by atoms with Crippen LogP contribution in [0, 0.1) is 0 Å². The van der Waals surface area contributed by atoms with Crippen molar-refractivity contribution < 1.29 is 4.74 Å². The van der Waals surface area contributed by atoms with Crippen LogP contribution in [0.25, 0.3) is 0 Å². The molecule has 0 spiro atoms. The third-order valence-corrected chi connectivity index (χ3v) is 3.30. The summed E-state index contributed by atoms with van der Waals surface area (Å²) in [6.07, 6.45) is 0.983. The van der Waals surface area contributed by atoms with Gasteiger partial charge in [0.2, 0.25) is 5.88 Å². The number of benzene rings is 1. The van der Waals surface area contributed by atoms with Crippen LogP contribution in [-0.4, -0.2) is 30.1 Å². The summed E-state index contributed by atoms with van der Waals surface area (Å²) in [5, 5.41) is 0. The van der Waals surface area contributed by atoms with Gasteiger partial charge in [0, 0.05) is 25.7 Å². The van der Waals surface area contributed by atoms with E-state index >= 15 is 0 Å². The van der Waals surface area contributed by atoms with Gasteiger partial charge < -0.3 is 10.5 Å². The lowest BCUT2D eigenvalue weighted by Gasteiger charge is -2.22. The minimum Gasteiger partial charge on any atom is -0.481 e. The number of aromatic nitrogens is 1. The van der Waals surface area contributed by atoms with Crippen molar-refractivity contribution in [2.24, 2.45) is 5.73 Å². The SMILES string of the molecule is COc1cccc(CN(CCCN)Cc2ccccc2)n1. The van der Waals surface area contributed by atoms with Crippen LogP contribution in [0.3, 0.4) is 0 Å². The van der Waals surface area contributed by atoms with E-state index in [0.717, 1.165) is 31.7 Å². The maximum absolute atomic E-state index is 5.65. The highest BCUT2D eigenvalue weighted by molar-refractivity contribution is 5.17. The summed E-state index contributed by atoms with van der Waals surface area (Å²) in [7, 11) is 1.64. The minimum absolute atomic E-state index is 0.658. The molecular formula is C17H23N3O. The van der Waals surface area contributed by atoms with Gasteiger partial charge in [-0.2, -0.15) is 0 Å². The zero-order valence-corrected chi connectivity index (χ0v) is 12.5. The van der Waals surface area contributed by atoms with Crippen LogP contribution in [-0.2, 0) is 13.1 Å². The van der Waals surface area contributed by atoms with Gasteiger partial charge >= 0.3 is 0 Å². The Morgan fingerprint density at radius 3 is 2.57 bits per heavy atom. The summed E-state index contributed by atoms with van der Waals surface area (Å²) in [5.74, 6) is 0.658. The first-order valence-corrected chi connectivity index (χ1v) is 7.28. The molecule has 0 aliphatic heterocycles. The van der Waals surface area contributed by atoms with Crippen molar-refractivity contribution in [3.63, 3.8) is 0 Å². The van der Waals surface area contributed by atoms with Gasteiger partial charge in [-0.15, -0.1) is 0 Å². The highest BCUT2D eigenvalue weighted by Crippen LogP contribution is 2.12. The normalized spacial score (nSPS) is 10.8. The van der Waals surface area contributed by atoms with Gasteiger partial charge in [0.1, 0.15) is 0 Å². The molecule has 2 N–H and O–H groups in total. The molecule has 0 radical (unpaired) electrons. The summed E-state index contributed by atoms with van der Waals surface area (Å²) < 4.78 is 5.19. The fourth-order valence-corrected chi connectivity index (χ4v) is 2.26. The number of ether oxygens (including phenoxy) is 1. The summed E-state index contributed by atoms with van der Waals surface area (Å²) in [5.41, 5.74) is 7.97. The summed E-state index contributed by atoms with van der Waals surface area (Å²) in [6, 6.07) is 16.3. The van der Waals surface area contributed by atoms with Crippen molar-refractivity contribution in [1.29, 1.82) is 0 Å². The first-order valence-electron chi connectivity index (χ1n) is 7.28. The van der Waals surface area contributed by atoms with Crippen molar-refractivity contribution >= 4 is 0 Å². The van der Waals surface area contributed by atoms with E-state index in [1.807, 2.05) is 24.3 Å². The van der Waals surface area contributed by atoms with Crippen molar-refractivity contribution in [2.45, 2.75) is 19.5 Å². The topological polar surface area (TPSA) is 51.4 Å². The van der Waals surface area contributed by atoms with Gasteiger partial charge in [-0.05, 0) is 24.6 Å². The maximum atomic E-state index is 5.65. The molecule has 2 rings (SSSR count). The maximum Gasteiger partial charge on any atom is 0.213 e. The number of hydrogen-bond acceptors (Lipinski definition) is 4. The molecule has 0 aliphatic rings. The Morgan fingerprint density at radius 1 is 1.05 bits per heavy atom. The lowest BCUT2D eigenvalue weighted by Crippen LogP contribution is -2.26. The average molecular weight is 285 g/mol. The number of nitrogens with zero attached hydrogens (tertiary/aromatic N) is 2. The van der Waals surface area contributed by atoms with E-state index in [1.165, 1.54) is 5.56 Å². The Hall–Kier alpha value is -1.91. The molecule has 1 heterocycles. The molecule has 0 unspecified atom stereocenters. The molecule has 0 amide bonds. The molecule has 0 atom stereocenters. The third kappa shape index (κ3) is 5.17. The Bertz CT molecular complexity index is 531. The molecule has 1 aromatic carbocycles.